The van der Waals surface area contributed by atoms with Crippen molar-refractivity contribution >= 4 is 28.8 Å². The van der Waals surface area contributed by atoms with E-state index in [-0.39, 0.29) is 11.5 Å². The molecular formula is C25H37N7O3. The molecule has 1 atom stereocenters. The normalized spacial score (nSPS) is 12.7. The predicted molar refractivity (Wildman–Crippen MR) is 137 cm³/mol. The predicted octanol–water partition coefficient (Wildman–Crippen LogP) is 3.68. The highest BCUT2D eigenvalue weighted by atomic mass is 16.5. The Morgan fingerprint density at radius 2 is 1.94 bits per heavy atom. The van der Waals surface area contributed by atoms with Gasteiger partial charge in [-0.3, -0.25) is 5.32 Å². The first-order valence-corrected chi connectivity index (χ1v) is 11.8. The van der Waals surface area contributed by atoms with Crippen LogP contribution in [0.4, 0.5) is 16.3 Å². The smallest absolute Gasteiger partial charge is 0.411 e. The summed E-state index contributed by atoms with van der Waals surface area (Å²) in [6.45, 7) is 9.06. The minimum Gasteiger partial charge on any atom is -0.449 e. The largest absolute Gasteiger partial charge is 0.449 e. The lowest BCUT2D eigenvalue weighted by molar-refractivity contribution is 0.0603. The molecule has 1 aromatic carbocycles. The van der Waals surface area contributed by atoms with E-state index in [2.05, 4.69) is 45.9 Å². The van der Waals surface area contributed by atoms with Gasteiger partial charge in [-0.05, 0) is 43.0 Å². The topological polar surface area (TPSA) is 120 Å². The molecule has 2 heterocycles. The van der Waals surface area contributed by atoms with Gasteiger partial charge in [0.05, 0.1) is 19.0 Å². The van der Waals surface area contributed by atoms with Crippen molar-refractivity contribution in [2.45, 2.75) is 51.7 Å². The minimum absolute atomic E-state index is 0.0388. The van der Waals surface area contributed by atoms with E-state index >= 15 is 0 Å². The van der Waals surface area contributed by atoms with Gasteiger partial charge in [0.25, 0.3) is 0 Å². The van der Waals surface area contributed by atoms with Crippen LogP contribution in [0.25, 0.3) is 11.2 Å². The van der Waals surface area contributed by atoms with Crippen LogP contribution in [0.15, 0.2) is 36.9 Å². The molecule has 0 aliphatic carbocycles. The number of nitrogen functional groups attached to an aromatic ring is 1. The zero-order valence-electron chi connectivity index (χ0n) is 21.3. The molecule has 35 heavy (non-hydrogen) atoms. The number of nitrogens with two attached hydrogens (primary N) is 1. The first kappa shape index (κ1) is 26.4. The number of aryl methyl sites for hydroxylation is 1. The Balaban J connectivity index is 1.35. The van der Waals surface area contributed by atoms with E-state index in [4.69, 9.17) is 15.2 Å². The van der Waals surface area contributed by atoms with Crippen molar-refractivity contribution in [3.63, 3.8) is 0 Å². The van der Waals surface area contributed by atoms with Crippen LogP contribution in [0, 0.1) is 0 Å². The molecule has 3 aromatic rings. The number of carbonyl (C=O) groups excluding carboxylic acids is 1. The van der Waals surface area contributed by atoms with Gasteiger partial charge in [0, 0.05) is 32.4 Å². The van der Waals surface area contributed by atoms with E-state index in [0.717, 1.165) is 37.3 Å². The van der Waals surface area contributed by atoms with Gasteiger partial charge in [-0.1, -0.05) is 32.9 Å². The Bertz CT molecular complexity index is 1090. The van der Waals surface area contributed by atoms with Crippen LogP contribution in [-0.2, 0) is 21.4 Å². The number of amides is 1. The highest BCUT2D eigenvalue weighted by Gasteiger charge is 2.15. The fraction of sp³-hybridized carbons (Fsp3) is 0.520. The van der Waals surface area contributed by atoms with Gasteiger partial charge in [-0.25, -0.2) is 19.7 Å². The highest BCUT2D eigenvalue weighted by molar-refractivity contribution is 5.84. The summed E-state index contributed by atoms with van der Waals surface area (Å²) in [5.41, 5.74) is 9.21. The lowest BCUT2D eigenvalue weighted by atomic mass is 9.87. The maximum absolute atomic E-state index is 12.1. The quantitative estimate of drug-likeness (QED) is 0.396. The number of benzene rings is 1. The lowest BCUT2D eigenvalue weighted by Crippen LogP contribution is -2.32. The van der Waals surface area contributed by atoms with Crippen molar-refractivity contribution < 1.29 is 14.3 Å². The molecule has 2 aromatic heterocycles. The molecule has 0 fully saturated rings. The van der Waals surface area contributed by atoms with Crippen LogP contribution in [0.3, 0.4) is 0 Å². The number of anilines is 2. The number of carbonyl (C=O) groups is 1. The van der Waals surface area contributed by atoms with Crippen molar-refractivity contribution in [1.82, 2.24) is 24.4 Å². The van der Waals surface area contributed by atoms with Gasteiger partial charge in [0.15, 0.2) is 11.5 Å². The summed E-state index contributed by atoms with van der Waals surface area (Å²) in [6, 6.07) is 7.84. The number of nitrogens with zero attached hydrogens (tertiary/aromatic N) is 5. The van der Waals surface area contributed by atoms with E-state index in [1.165, 1.54) is 11.9 Å². The summed E-state index contributed by atoms with van der Waals surface area (Å²) in [5, 5.41) is 2.78. The maximum atomic E-state index is 12.1. The van der Waals surface area contributed by atoms with Gasteiger partial charge in [0.1, 0.15) is 11.8 Å². The summed E-state index contributed by atoms with van der Waals surface area (Å²) in [6.07, 6.45) is 4.30. The van der Waals surface area contributed by atoms with E-state index in [1.54, 1.807) is 13.4 Å². The molecule has 10 nitrogen and oxygen atoms in total. The number of likely N-dealkylation sites (N-methyl/N-ethyl adjacent to an activating group) is 1. The number of nitrogens with one attached hydrogen (secondary N) is 1. The second-order valence-corrected chi connectivity index (χ2v) is 9.72. The summed E-state index contributed by atoms with van der Waals surface area (Å²) in [5.74, 6) is 0.381. The number of rotatable bonds is 11. The third-order valence-electron chi connectivity index (χ3n) is 5.88. The van der Waals surface area contributed by atoms with Gasteiger partial charge in [-0.2, -0.15) is 0 Å². The maximum Gasteiger partial charge on any atom is 0.411 e. The summed E-state index contributed by atoms with van der Waals surface area (Å²) >= 11 is 0. The standard InChI is InChI=1S/C25H37N7O3/c1-25(2,3)18-7-9-19(10-8-18)30-24(33)35-14-6-12-31(4)15-20(34-5)11-13-32-17-29-21-22(26)27-16-28-23(21)32/h7-10,16-17,20H,6,11-15H2,1-5H3,(H,30,33)(H2,26,27,28). The van der Waals surface area contributed by atoms with Crippen LogP contribution >= 0.6 is 0 Å². The molecule has 0 aliphatic heterocycles. The number of hydrogen-bond donors (Lipinski definition) is 2. The monoisotopic (exact) mass is 483 g/mol. The van der Waals surface area contributed by atoms with Gasteiger partial charge in [0.2, 0.25) is 0 Å². The fourth-order valence-electron chi connectivity index (χ4n) is 3.77. The molecule has 3 N–H and O–H groups in total. The zero-order chi connectivity index (χ0) is 25.4. The number of aromatic nitrogens is 4. The Morgan fingerprint density at radius 3 is 2.63 bits per heavy atom. The molecule has 1 amide bonds. The molecule has 1 unspecified atom stereocenters. The van der Waals surface area contributed by atoms with E-state index < -0.39 is 6.09 Å². The van der Waals surface area contributed by atoms with Crippen LogP contribution in [0.5, 0.6) is 0 Å². The van der Waals surface area contributed by atoms with E-state index in [9.17, 15) is 4.79 Å². The first-order valence-electron chi connectivity index (χ1n) is 11.8. The molecular weight excluding hydrogens is 446 g/mol. The molecule has 3 rings (SSSR count). The van der Waals surface area contributed by atoms with Gasteiger partial charge >= 0.3 is 6.09 Å². The zero-order valence-corrected chi connectivity index (χ0v) is 21.3. The summed E-state index contributed by atoms with van der Waals surface area (Å²) in [7, 11) is 3.75. The van der Waals surface area contributed by atoms with E-state index in [1.807, 2.05) is 35.9 Å². The number of fused-ring (bicyclic) bond motifs is 1. The Labute approximate surface area is 206 Å². The van der Waals surface area contributed by atoms with Crippen molar-refractivity contribution in [3.8, 4) is 0 Å². The van der Waals surface area contributed by atoms with Crippen LogP contribution in [-0.4, -0.2) is 70.5 Å². The van der Waals surface area contributed by atoms with Crippen molar-refractivity contribution in [3.05, 3.63) is 42.5 Å². The minimum atomic E-state index is -0.442. The van der Waals surface area contributed by atoms with Crippen LogP contribution < -0.4 is 11.1 Å². The SMILES string of the molecule is COC(CCn1cnc2c(N)ncnc21)CN(C)CCCOC(=O)Nc1ccc(C(C)(C)C)cc1. The Hall–Kier alpha value is -3.24. The Morgan fingerprint density at radius 1 is 1.20 bits per heavy atom. The molecule has 190 valence electrons. The van der Waals surface area contributed by atoms with Gasteiger partial charge < -0.3 is 24.7 Å². The van der Waals surface area contributed by atoms with Crippen molar-refractivity contribution in [2.24, 2.45) is 0 Å². The molecule has 0 aliphatic rings. The average Bonchev–Trinajstić information content (AvgIpc) is 3.23. The van der Waals surface area contributed by atoms with Crippen molar-refractivity contribution in [1.29, 1.82) is 0 Å². The third kappa shape index (κ3) is 7.63. The fourth-order valence-corrected chi connectivity index (χ4v) is 3.77. The third-order valence-corrected chi connectivity index (χ3v) is 5.88. The van der Waals surface area contributed by atoms with Gasteiger partial charge in [-0.15, -0.1) is 0 Å². The molecule has 0 bridgehead atoms. The first-order chi connectivity index (χ1) is 16.7. The van der Waals surface area contributed by atoms with Crippen LogP contribution in [0.2, 0.25) is 0 Å². The van der Waals surface area contributed by atoms with Crippen LogP contribution in [0.1, 0.15) is 39.2 Å². The molecule has 0 spiro atoms. The molecule has 0 radical (unpaired) electrons. The second kappa shape index (κ2) is 11.9. The van der Waals surface area contributed by atoms with Crippen molar-refractivity contribution in [2.75, 3.05) is 44.9 Å². The second-order valence-electron chi connectivity index (χ2n) is 9.72. The number of ether oxygens (including phenoxy) is 2. The van der Waals surface area contributed by atoms with E-state index in [0.29, 0.717) is 24.5 Å². The summed E-state index contributed by atoms with van der Waals surface area (Å²) in [4.78, 5) is 26.8. The molecule has 10 heteroatoms. The number of hydrogen-bond acceptors (Lipinski definition) is 8. The molecule has 0 saturated carbocycles. The number of imidazole rings is 1. The summed E-state index contributed by atoms with van der Waals surface area (Å²) < 4.78 is 13.0. The number of methoxy groups -OCH3 is 1. The highest BCUT2D eigenvalue weighted by Crippen LogP contribution is 2.23. The lowest BCUT2D eigenvalue weighted by Gasteiger charge is -2.23. The Kier molecular flexibility index (Phi) is 9.00. The molecule has 0 saturated heterocycles. The average molecular weight is 484 g/mol.